The van der Waals surface area contributed by atoms with Gasteiger partial charge in [0, 0.05) is 6.07 Å². The topological polar surface area (TPSA) is 72.5 Å². The van der Waals surface area contributed by atoms with Gasteiger partial charge < -0.3 is 20.1 Å². The number of hydrogen-bond donors (Lipinski definition) is 2. The SMILES string of the molecule is COc1ccc(C(NC(=O)Nc2ccc(OCC(F)(F)F)nc2)C2CC2)cc1. The Labute approximate surface area is 160 Å². The van der Waals surface area contributed by atoms with Crippen LogP contribution < -0.4 is 20.1 Å². The molecule has 1 atom stereocenters. The van der Waals surface area contributed by atoms with Gasteiger partial charge in [-0.25, -0.2) is 9.78 Å². The number of carbonyl (C=O) groups excluding carboxylic acids is 1. The molecule has 3 rings (SSSR count). The number of hydrogen-bond acceptors (Lipinski definition) is 4. The highest BCUT2D eigenvalue weighted by atomic mass is 19.4. The molecule has 0 aliphatic heterocycles. The molecule has 2 aromatic rings. The molecular formula is C19H20F3N3O3. The van der Waals surface area contributed by atoms with Crippen molar-refractivity contribution in [3.8, 4) is 11.6 Å². The molecule has 1 saturated carbocycles. The average molecular weight is 395 g/mol. The summed E-state index contributed by atoms with van der Waals surface area (Å²) in [6.07, 6.45) is -1.13. The molecule has 1 aromatic heterocycles. The molecule has 0 saturated heterocycles. The van der Waals surface area contributed by atoms with Crippen LogP contribution >= 0.6 is 0 Å². The number of nitrogens with one attached hydrogen (secondary N) is 2. The first-order valence-electron chi connectivity index (χ1n) is 8.71. The number of anilines is 1. The van der Waals surface area contributed by atoms with Crippen LogP contribution in [0.1, 0.15) is 24.4 Å². The van der Waals surface area contributed by atoms with E-state index in [4.69, 9.17) is 4.74 Å². The van der Waals surface area contributed by atoms with Crippen molar-refractivity contribution in [2.24, 2.45) is 5.92 Å². The minimum Gasteiger partial charge on any atom is -0.497 e. The quantitative estimate of drug-likeness (QED) is 0.733. The third-order valence-electron chi connectivity index (χ3n) is 4.23. The molecule has 6 nitrogen and oxygen atoms in total. The fraction of sp³-hybridized carbons (Fsp3) is 0.368. The fourth-order valence-electron chi connectivity index (χ4n) is 2.72. The second-order valence-electron chi connectivity index (χ2n) is 6.48. The molecule has 0 bridgehead atoms. The van der Waals surface area contributed by atoms with Crippen LogP contribution in [0.4, 0.5) is 23.7 Å². The predicted octanol–water partition coefficient (Wildman–Crippen LogP) is 4.30. The van der Waals surface area contributed by atoms with Gasteiger partial charge in [-0.15, -0.1) is 0 Å². The minimum atomic E-state index is -4.43. The summed E-state index contributed by atoms with van der Waals surface area (Å²) in [5.74, 6) is 0.939. The third-order valence-corrected chi connectivity index (χ3v) is 4.23. The minimum absolute atomic E-state index is 0.131. The molecule has 150 valence electrons. The number of alkyl halides is 3. The number of pyridine rings is 1. The van der Waals surface area contributed by atoms with Gasteiger partial charge >= 0.3 is 12.2 Å². The number of benzene rings is 1. The maximum Gasteiger partial charge on any atom is 0.422 e. The van der Waals surface area contributed by atoms with Crippen molar-refractivity contribution >= 4 is 11.7 Å². The normalized spacial score (nSPS) is 14.9. The Balaban J connectivity index is 1.57. The summed E-state index contributed by atoms with van der Waals surface area (Å²) < 4.78 is 46.1. The van der Waals surface area contributed by atoms with Crippen LogP contribution in [-0.4, -0.2) is 30.9 Å². The Morgan fingerprint density at radius 2 is 1.93 bits per heavy atom. The van der Waals surface area contributed by atoms with Crippen LogP contribution in [0, 0.1) is 5.92 Å². The summed E-state index contributed by atoms with van der Waals surface area (Å²) in [6.45, 7) is -1.42. The highest BCUT2D eigenvalue weighted by molar-refractivity contribution is 5.89. The van der Waals surface area contributed by atoms with Gasteiger partial charge in [0.05, 0.1) is 25.0 Å². The molecule has 0 spiro atoms. The summed E-state index contributed by atoms with van der Waals surface area (Å²) in [5.41, 5.74) is 1.33. The van der Waals surface area contributed by atoms with Crippen molar-refractivity contribution < 1.29 is 27.4 Å². The van der Waals surface area contributed by atoms with Gasteiger partial charge in [0.25, 0.3) is 0 Å². The first kappa shape index (κ1) is 19.8. The predicted molar refractivity (Wildman–Crippen MR) is 96.4 cm³/mol. The molecule has 28 heavy (non-hydrogen) atoms. The second-order valence-corrected chi connectivity index (χ2v) is 6.48. The number of ether oxygens (including phenoxy) is 2. The van der Waals surface area contributed by atoms with Crippen molar-refractivity contribution in [3.63, 3.8) is 0 Å². The van der Waals surface area contributed by atoms with Crippen LogP contribution in [0.2, 0.25) is 0 Å². The molecule has 0 radical (unpaired) electrons. The number of rotatable bonds is 7. The Morgan fingerprint density at radius 3 is 2.46 bits per heavy atom. The maximum atomic E-state index is 12.3. The van der Waals surface area contributed by atoms with Crippen LogP contribution in [0.25, 0.3) is 0 Å². The van der Waals surface area contributed by atoms with Gasteiger partial charge in [-0.3, -0.25) is 0 Å². The Hall–Kier alpha value is -2.97. The van der Waals surface area contributed by atoms with E-state index in [2.05, 4.69) is 20.4 Å². The van der Waals surface area contributed by atoms with Gasteiger partial charge in [-0.05, 0) is 42.5 Å². The van der Waals surface area contributed by atoms with E-state index in [1.165, 1.54) is 18.3 Å². The first-order valence-corrected chi connectivity index (χ1v) is 8.71. The summed E-state index contributed by atoms with van der Waals surface area (Å²) in [6, 6.07) is 9.65. The van der Waals surface area contributed by atoms with E-state index in [9.17, 15) is 18.0 Å². The Morgan fingerprint density at radius 1 is 1.21 bits per heavy atom. The number of urea groups is 1. The lowest BCUT2D eigenvalue weighted by Crippen LogP contribution is -2.33. The summed E-state index contributed by atoms with van der Waals surface area (Å²) in [5, 5.41) is 5.57. The molecule has 1 aliphatic carbocycles. The smallest absolute Gasteiger partial charge is 0.422 e. The van der Waals surface area contributed by atoms with Gasteiger partial charge in [-0.2, -0.15) is 13.2 Å². The van der Waals surface area contributed by atoms with Gasteiger partial charge in [0.15, 0.2) is 6.61 Å². The largest absolute Gasteiger partial charge is 0.497 e. The van der Waals surface area contributed by atoms with Crippen LogP contribution in [-0.2, 0) is 0 Å². The number of nitrogens with zero attached hydrogens (tertiary/aromatic N) is 1. The standard InChI is InChI=1S/C19H20F3N3O3/c1-27-15-7-4-13(5-8-15)17(12-2-3-12)25-18(26)24-14-6-9-16(23-10-14)28-11-19(20,21)22/h4-10,12,17H,2-3,11H2,1H3,(H2,24,25,26). The maximum absolute atomic E-state index is 12.3. The van der Waals surface area contributed by atoms with E-state index in [1.54, 1.807) is 7.11 Å². The number of aromatic nitrogens is 1. The van der Waals surface area contributed by atoms with Crippen molar-refractivity contribution in [1.82, 2.24) is 10.3 Å². The Bertz CT molecular complexity index is 791. The van der Waals surface area contributed by atoms with Crippen molar-refractivity contribution in [2.75, 3.05) is 19.0 Å². The fourth-order valence-corrected chi connectivity index (χ4v) is 2.72. The molecule has 9 heteroatoms. The lowest BCUT2D eigenvalue weighted by molar-refractivity contribution is -0.154. The molecule has 1 aromatic carbocycles. The van der Waals surface area contributed by atoms with Crippen molar-refractivity contribution in [3.05, 3.63) is 48.2 Å². The Kier molecular flexibility index (Phi) is 5.91. The monoisotopic (exact) mass is 395 g/mol. The number of carbonyl (C=O) groups is 1. The molecule has 1 heterocycles. The first-order chi connectivity index (χ1) is 13.3. The van der Waals surface area contributed by atoms with E-state index < -0.39 is 18.8 Å². The molecule has 2 N–H and O–H groups in total. The van der Waals surface area contributed by atoms with Gasteiger partial charge in [-0.1, -0.05) is 12.1 Å². The number of halogens is 3. The summed E-state index contributed by atoms with van der Waals surface area (Å²) >= 11 is 0. The third kappa shape index (κ3) is 5.77. The zero-order valence-corrected chi connectivity index (χ0v) is 15.1. The van der Waals surface area contributed by atoms with E-state index >= 15 is 0 Å². The molecule has 1 aliphatic rings. The zero-order chi connectivity index (χ0) is 20.1. The summed E-state index contributed by atoms with van der Waals surface area (Å²) in [7, 11) is 1.59. The highest BCUT2D eigenvalue weighted by Gasteiger charge is 2.33. The van der Waals surface area contributed by atoms with E-state index in [0.29, 0.717) is 11.6 Å². The lowest BCUT2D eigenvalue weighted by atomic mass is 10.0. The molecule has 1 unspecified atom stereocenters. The number of methoxy groups -OCH3 is 1. The molecule has 2 amide bonds. The van der Waals surface area contributed by atoms with Gasteiger partial charge in [0.1, 0.15) is 5.75 Å². The lowest BCUT2D eigenvalue weighted by Gasteiger charge is -2.19. The number of amides is 2. The average Bonchev–Trinajstić information content (AvgIpc) is 3.50. The van der Waals surface area contributed by atoms with E-state index in [-0.39, 0.29) is 11.9 Å². The highest BCUT2D eigenvalue weighted by Crippen LogP contribution is 2.41. The van der Waals surface area contributed by atoms with Crippen LogP contribution in [0.3, 0.4) is 0 Å². The van der Waals surface area contributed by atoms with Crippen LogP contribution in [0.5, 0.6) is 11.6 Å². The van der Waals surface area contributed by atoms with E-state index in [1.807, 2.05) is 24.3 Å². The van der Waals surface area contributed by atoms with Crippen LogP contribution in [0.15, 0.2) is 42.6 Å². The molecular weight excluding hydrogens is 375 g/mol. The second kappa shape index (κ2) is 8.37. The van der Waals surface area contributed by atoms with Crippen molar-refractivity contribution in [2.45, 2.75) is 25.1 Å². The molecule has 1 fully saturated rings. The van der Waals surface area contributed by atoms with E-state index in [0.717, 1.165) is 24.2 Å². The summed E-state index contributed by atoms with van der Waals surface area (Å²) in [4.78, 5) is 16.1. The zero-order valence-electron chi connectivity index (χ0n) is 15.1. The van der Waals surface area contributed by atoms with Crippen molar-refractivity contribution in [1.29, 1.82) is 0 Å². The van der Waals surface area contributed by atoms with Gasteiger partial charge in [0.2, 0.25) is 5.88 Å².